The summed E-state index contributed by atoms with van der Waals surface area (Å²) in [6.45, 7) is 2.04. The maximum absolute atomic E-state index is 11.6. The highest BCUT2D eigenvalue weighted by Gasteiger charge is 2.09. The molecule has 1 aromatic rings. The molecule has 21 heavy (non-hydrogen) atoms. The molecule has 2 N–H and O–H groups in total. The Morgan fingerprint density at radius 3 is 2.71 bits per heavy atom. The number of nitrogens with one attached hydrogen (secondary N) is 2. The minimum Gasteiger partial charge on any atom is -0.368 e. The first-order valence-electron chi connectivity index (χ1n) is 6.44. The van der Waals surface area contributed by atoms with Crippen LogP contribution in [0.15, 0.2) is 18.3 Å². The van der Waals surface area contributed by atoms with Crippen molar-refractivity contribution in [3.63, 3.8) is 0 Å². The van der Waals surface area contributed by atoms with Gasteiger partial charge in [0.2, 0.25) is 0 Å². The quantitative estimate of drug-likeness (QED) is 0.723. The zero-order chi connectivity index (χ0) is 15.9. The summed E-state index contributed by atoms with van der Waals surface area (Å²) in [5.74, 6) is 2.74. The number of carbonyl (C=O) groups is 1. The number of pyridine rings is 1. The summed E-state index contributed by atoms with van der Waals surface area (Å²) in [6, 6.07) is 3.26. The summed E-state index contributed by atoms with van der Waals surface area (Å²) in [5.41, 5.74) is 0.416. The lowest BCUT2D eigenvalue weighted by Gasteiger charge is -2.14. The predicted octanol–water partition coefficient (Wildman–Crippen LogP) is 0.680. The lowest BCUT2D eigenvalue weighted by molar-refractivity contribution is 0.0958. The average Bonchev–Trinajstić information content (AvgIpc) is 2.42. The second-order valence-electron chi connectivity index (χ2n) is 4.78. The molecule has 1 rings (SSSR count). The maximum atomic E-state index is 11.6. The normalized spacial score (nSPS) is 12.2. The van der Waals surface area contributed by atoms with Crippen LogP contribution in [0, 0.1) is 12.3 Å². The molecule has 7 heteroatoms. The van der Waals surface area contributed by atoms with E-state index in [1.54, 1.807) is 12.1 Å². The molecule has 114 valence electrons. The Balaban J connectivity index is 2.54. The van der Waals surface area contributed by atoms with Crippen molar-refractivity contribution in [3.8, 4) is 12.3 Å². The van der Waals surface area contributed by atoms with Gasteiger partial charge in [-0.15, -0.1) is 6.42 Å². The van der Waals surface area contributed by atoms with Crippen LogP contribution in [0.3, 0.4) is 0 Å². The van der Waals surface area contributed by atoms with Gasteiger partial charge in [-0.1, -0.05) is 5.92 Å². The zero-order valence-corrected chi connectivity index (χ0v) is 12.9. The third-order valence-corrected chi connectivity index (χ3v) is 3.67. The van der Waals surface area contributed by atoms with Gasteiger partial charge in [0.1, 0.15) is 15.7 Å². The number of amides is 1. The number of sulfone groups is 1. The van der Waals surface area contributed by atoms with Gasteiger partial charge >= 0.3 is 0 Å². The van der Waals surface area contributed by atoms with Gasteiger partial charge in [0.15, 0.2) is 0 Å². The van der Waals surface area contributed by atoms with Crippen LogP contribution in [-0.4, -0.2) is 43.9 Å². The number of terminal acetylenes is 1. The maximum Gasteiger partial charge on any atom is 0.253 e. The van der Waals surface area contributed by atoms with E-state index < -0.39 is 9.84 Å². The van der Waals surface area contributed by atoms with Crippen molar-refractivity contribution in [2.24, 2.45) is 0 Å². The van der Waals surface area contributed by atoms with E-state index in [-0.39, 0.29) is 24.2 Å². The van der Waals surface area contributed by atoms with Crippen molar-refractivity contribution >= 4 is 21.6 Å². The van der Waals surface area contributed by atoms with Crippen LogP contribution < -0.4 is 10.6 Å². The highest BCUT2D eigenvalue weighted by Crippen LogP contribution is 2.08. The van der Waals surface area contributed by atoms with E-state index >= 15 is 0 Å². The SMILES string of the molecule is C#CCNC(=O)c1ccc(NC(C)CCS(C)(=O)=O)nc1. The Bertz CT molecular complexity index is 618. The Hall–Kier alpha value is -2.07. The summed E-state index contributed by atoms with van der Waals surface area (Å²) in [4.78, 5) is 15.7. The Morgan fingerprint density at radius 1 is 1.48 bits per heavy atom. The fourth-order valence-corrected chi connectivity index (χ4v) is 2.34. The smallest absolute Gasteiger partial charge is 0.253 e. The summed E-state index contributed by atoms with van der Waals surface area (Å²) in [7, 11) is -2.97. The number of aromatic nitrogens is 1. The third-order valence-electron chi connectivity index (χ3n) is 2.69. The van der Waals surface area contributed by atoms with Crippen molar-refractivity contribution in [2.75, 3.05) is 23.9 Å². The standard InChI is InChI=1S/C14H19N3O3S/c1-4-8-15-14(18)12-5-6-13(16-10-12)17-11(2)7-9-21(3,19)20/h1,5-6,10-11H,7-9H2,2-3H3,(H,15,18)(H,16,17). The van der Waals surface area contributed by atoms with Gasteiger partial charge in [-0.3, -0.25) is 4.79 Å². The lowest BCUT2D eigenvalue weighted by atomic mass is 10.2. The first-order valence-corrected chi connectivity index (χ1v) is 8.50. The average molecular weight is 309 g/mol. The van der Waals surface area contributed by atoms with Crippen molar-refractivity contribution in [3.05, 3.63) is 23.9 Å². The van der Waals surface area contributed by atoms with Gasteiger partial charge in [0.05, 0.1) is 17.9 Å². The van der Waals surface area contributed by atoms with Crippen LogP contribution in [-0.2, 0) is 9.84 Å². The largest absolute Gasteiger partial charge is 0.368 e. The zero-order valence-electron chi connectivity index (χ0n) is 12.1. The monoisotopic (exact) mass is 309 g/mol. The van der Waals surface area contributed by atoms with E-state index in [9.17, 15) is 13.2 Å². The molecule has 0 aromatic carbocycles. The highest BCUT2D eigenvalue weighted by atomic mass is 32.2. The molecule has 0 aliphatic carbocycles. The second-order valence-corrected chi connectivity index (χ2v) is 7.04. The molecular weight excluding hydrogens is 290 g/mol. The molecule has 0 aliphatic heterocycles. The van der Waals surface area contributed by atoms with Crippen LogP contribution in [0.2, 0.25) is 0 Å². The van der Waals surface area contributed by atoms with Crippen LogP contribution in [0.4, 0.5) is 5.82 Å². The molecule has 1 heterocycles. The van der Waals surface area contributed by atoms with E-state index in [1.165, 1.54) is 12.5 Å². The molecule has 0 spiro atoms. The molecular formula is C14H19N3O3S. The molecule has 1 aromatic heterocycles. The van der Waals surface area contributed by atoms with Gasteiger partial charge in [-0.25, -0.2) is 13.4 Å². The van der Waals surface area contributed by atoms with E-state index in [4.69, 9.17) is 6.42 Å². The summed E-state index contributed by atoms with van der Waals surface area (Å²) in [5, 5.41) is 5.63. The van der Waals surface area contributed by atoms with E-state index in [0.29, 0.717) is 17.8 Å². The summed E-state index contributed by atoms with van der Waals surface area (Å²) < 4.78 is 22.2. The number of rotatable bonds is 7. The molecule has 1 amide bonds. The number of hydrogen-bond donors (Lipinski definition) is 2. The van der Waals surface area contributed by atoms with Gasteiger partial charge in [0.25, 0.3) is 5.91 Å². The molecule has 0 aliphatic rings. The Morgan fingerprint density at radius 2 is 2.19 bits per heavy atom. The molecule has 1 unspecified atom stereocenters. The predicted molar refractivity (Wildman–Crippen MR) is 82.8 cm³/mol. The number of carbonyl (C=O) groups excluding carboxylic acids is 1. The molecule has 0 bridgehead atoms. The fraction of sp³-hybridized carbons (Fsp3) is 0.429. The molecule has 6 nitrogen and oxygen atoms in total. The van der Waals surface area contributed by atoms with Crippen LogP contribution in [0.1, 0.15) is 23.7 Å². The summed E-state index contributed by atoms with van der Waals surface area (Å²) in [6.07, 6.45) is 8.20. The number of nitrogens with zero attached hydrogens (tertiary/aromatic N) is 1. The van der Waals surface area contributed by atoms with Gasteiger partial charge in [0, 0.05) is 18.5 Å². The summed E-state index contributed by atoms with van der Waals surface area (Å²) >= 11 is 0. The van der Waals surface area contributed by atoms with E-state index in [1.807, 2.05) is 6.92 Å². The first kappa shape index (κ1) is 17.0. The van der Waals surface area contributed by atoms with E-state index in [0.717, 1.165) is 0 Å². The van der Waals surface area contributed by atoms with Crippen molar-refractivity contribution in [1.29, 1.82) is 0 Å². The molecule has 0 radical (unpaired) electrons. The van der Waals surface area contributed by atoms with Crippen LogP contribution in [0.25, 0.3) is 0 Å². The Kier molecular flexibility index (Phi) is 6.18. The van der Waals surface area contributed by atoms with Crippen LogP contribution in [0.5, 0.6) is 0 Å². The van der Waals surface area contributed by atoms with E-state index in [2.05, 4.69) is 21.5 Å². The van der Waals surface area contributed by atoms with Crippen LogP contribution >= 0.6 is 0 Å². The number of anilines is 1. The van der Waals surface area contributed by atoms with Gasteiger partial charge in [-0.05, 0) is 25.5 Å². The minimum absolute atomic E-state index is 0.0339. The minimum atomic E-state index is -2.97. The Labute approximate surface area is 125 Å². The molecule has 1 atom stereocenters. The van der Waals surface area contributed by atoms with Gasteiger partial charge < -0.3 is 10.6 Å². The van der Waals surface area contributed by atoms with Crippen molar-refractivity contribution in [1.82, 2.24) is 10.3 Å². The first-order chi connectivity index (χ1) is 9.81. The number of hydrogen-bond acceptors (Lipinski definition) is 5. The van der Waals surface area contributed by atoms with Gasteiger partial charge in [-0.2, -0.15) is 0 Å². The third kappa shape index (κ3) is 6.77. The molecule has 0 saturated carbocycles. The lowest BCUT2D eigenvalue weighted by Crippen LogP contribution is -2.24. The molecule has 0 saturated heterocycles. The van der Waals surface area contributed by atoms with Crippen molar-refractivity contribution in [2.45, 2.75) is 19.4 Å². The van der Waals surface area contributed by atoms with Crippen molar-refractivity contribution < 1.29 is 13.2 Å². The molecule has 0 fully saturated rings. The second kappa shape index (κ2) is 7.64. The highest BCUT2D eigenvalue weighted by molar-refractivity contribution is 7.90. The fourth-order valence-electron chi connectivity index (χ4n) is 1.56. The topological polar surface area (TPSA) is 88.2 Å².